The van der Waals surface area contributed by atoms with Crippen molar-refractivity contribution in [2.45, 2.75) is 57.4 Å². The largest absolute Gasteiger partial charge is 0.337 e. The van der Waals surface area contributed by atoms with Crippen molar-refractivity contribution in [3.8, 4) is 11.4 Å². The molecule has 0 aliphatic heterocycles. The minimum Gasteiger partial charge on any atom is -0.337 e. The molecule has 186 valence electrons. The van der Waals surface area contributed by atoms with Crippen LogP contribution in [-0.2, 0) is 14.8 Å². The predicted molar refractivity (Wildman–Crippen MR) is 134 cm³/mol. The van der Waals surface area contributed by atoms with Crippen LogP contribution in [0, 0.1) is 11.3 Å². The van der Waals surface area contributed by atoms with Gasteiger partial charge in [-0.1, -0.05) is 32.0 Å². The quantitative estimate of drug-likeness (QED) is 0.368. The molecule has 1 unspecified atom stereocenters. The molecule has 4 N–H and O–H groups in total. The molecule has 1 fully saturated rings. The van der Waals surface area contributed by atoms with E-state index in [0.717, 1.165) is 25.7 Å². The van der Waals surface area contributed by atoms with E-state index in [2.05, 4.69) is 34.0 Å². The molecule has 1 saturated carbocycles. The van der Waals surface area contributed by atoms with E-state index in [9.17, 15) is 13.2 Å². The number of carbonyl (C=O) groups excluding carboxylic acids is 1. The van der Waals surface area contributed by atoms with Crippen LogP contribution in [0.25, 0.3) is 11.4 Å². The highest BCUT2D eigenvalue weighted by Gasteiger charge is 2.44. The third-order valence-corrected chi connectivity index (χ3v) is 7.55. The average molecular weight is 498 g/mol. The Labute approximate surface area is 205 Å². The highest BCUT2D eigenvalue weighted by Crippen LogP contribution is 2.45. The van der Waals surface area contributed by atoms with Gasteiger partial charge in [-0.05, 0) is 74.1 Å². The lowest BCUT2D eigenvalue weighted by molar-refractivity contribution is -0.120. The van der Waals surface area contributed by atoms with Crippen molar-refractivity contribution < 1.29 is 17.7 Å². The second kappa shape index (κ2) is 9.79. The summed E-state index contributed by atoms with van der Waals surface area (Å²) in [5, 5.41) is 6.84. The van der Waals surface area contributed by atoms with E-state index in [1.165, 1.54) is 12.1 Å². The highest BCUT2D eigenvalue weighted by atomic mass is 32.2. The fourth-order valence-electron chi connectivity index (χ4n) is 3.49. The first-order valence-electron chi connectivity index (χ1n) is 11.7. The summed E-state index contributed by atoms with van der Waals surface area (Å²) in [6, 6.07) is 12.5. The van der Waals surface area contributed by atoms with Crippen LogP contribution in [0.2, 0.25) is 0 Å². The van der Waals surface area contributed by atoms with Crippen LogP contribution in [0.5, 0.6) is 0 Å². The Kier molecular flexibility index (Phi) is 6.95. The second-order valence-electron chi connectivity index (χ2n) is 9.76. The zero-order chi connectivity index (χ0) is 25.2. The molecule has 1 amide bonds. The summed E-state index contributed by atoms with van der Waals surface area (Å²) in [7, 11) is -3.84. The number of hydrogen-bond acceptors (Lipinski definition) is 7. The van der Waals surface area contributed by atoms with Crippen LogP contribution in [0.15, 0.2) is 57.9 Å². The van der Waals surface area contributed by atoms with Crippen LogP contribution >= 0.6 is 0 Å². The van der Waals surface area contributed by atoms with E-state index in [1.807, 2.05) is 6.92 Å². The number of carbonyl (C=O) groups is 1. The number of anilines is 2. The third kappa shape index (κ3) is 6.07. The van der Waals surface area contributed by atoms with Crippen LogP contribution < -0.4 is 15.8 Å². The molecule has 0 radical (unpaired) electrons. The summed E-state index contributed by atoms with van der Waals surface area (Å²) in [6.07, 6.45) is 3.41. The van der Waals surface area contributed by atoms with E-state index in [4.69, 9.17) is 10.3 Å². The van der Waals surface area contributed by atoms with Gasteiger partial charge in [-0.2, -0.15) is 4.98 Å². The molecular formula is C25H31N5O4S. The maximum Gasteiger partial charge on any atom is 0.261 e. The van der Waals surface area contributed by atoms with Gasteiger partial charge in [-0.3, -0.25) is 9.52 Å². The molecule has 1 aliphatic carbocycles. The zero-order valence-corrected chi connectivity index (χ0v) is 20.9. The van der Waals surface area contributed by atoms with Crippen molar-refractivity contribution in [3.05, 3.63) is 54.4 Å². The fourth-order valence-corrected chi connectivity index (χ4v) is 4.54. The van der Waals surface area contributed by atoms with Crippen LogP contribution in [0.3, 0.4) is 0 Å². The number of amides is 1. The van der Waals surface area contributed by atoms with Crippen molar-refractivity contribution in [1.82, 2.24) is 10.1 Å². The lowest BCUT2D eigenvalue weighted by Crippen LogP contribution is -2.21. The Hall–Kier alpha value is -3.24. The first-order chi connectivity index (χ1) is 16.6. The Bertz CT molecular complexity index is 1300. The summed E-state index contributed by atoms with van der Waals surface area (Å²) in [6.45, 7) is 6.16. The molecule has 4 rings (SSSR count). The van der Waals surface area contributed by atoms with Gasteiger partial charge in [0.25, 0.3) is 10.0 Å². The fraction of sp³-hybridized carbons (Fsp3) is 0.400. The first kappa shape index (κ1) is 24.9. The van der Waals surface area contributed by atoms with Gasteiger partial charge < -0.3 is 15.6 Å². The van der Waals surface area contributed by atoms with Crippen LogP contribution in [0.1, 0.15) is 58.4 Å². The topological polar surface area (TPSA) is 140 Å². The van der Waals surface area contributed by atoms with E-state index >= 15 is 0 Å². The number of sulfonamides is 1. The number of nitrogens with one attached hydrogen (secondary N) is 2. The highest BCUT2D eigenvalue weighted by molar-refractivity contribution is 7.92. The van der Waals surface area contributed by atoms with Crippen molar-refractivity contribution in [1.29, 1.82) is 0 Å². The maximum absolute atomic E-state index is 12.9. The van der Waals surface area contributed by atoms with Gasteiger partial charge in [-0.25, -0.2) is 8.42 Å². The summed E-state index contributed by atoms with van der Waals surface area (Å²) in [5.41, 5.74) is 7.33. The molecular weight excluding hydrogens is 466 g/mol. The Morgan fingerprint density at radius 2 is 1.80 bits per heavy atom. The van der Waals surface area contributed by atoms with E-state index in [1.54, 1.807) is 36.4 Å². The molecule has 10 heteroatoms. The van der Waals surface area contributed by atoms with Gasteiger partial charge in [0.05, 0.1) is 16.6 Å². The normalized spacial score (nSPS) is 15.6. The van der Waals surface area contributed by atoms with Gasteiger partial charge >= 0.3 is 0 Å². The third-order valence-electron chi connectivity index (χ3n) is 6.16. The molecule has 35 heavy (non-hydrogen) atoms. The Morgan fingerprint density at radius 1 is 1.11 bits per heavy atom. The maximum atomic E-state index is 12.9. The Morgan fingerprint density at radius 3 is 2.46 bits per heavy atom. The van der Waals surface area contributed by atoms with Gasteiger partial charge in [0, 0.05) is 16.7 Å². The molecule has 9 nitrogen and oxygen atoms in total. The molecule has 3 aromatic rings. The first-order valence-corrected chi connectivity index (χ1v) is 13.2. The molecule has 0 bridgehead atoms. The predicted octanol–water partition coefficient (Wildman–Crippen LogP) is 4.71. The van der Waals surface area contributed by atoms with Gasteiger partial charge in [-0.15, -0.1) is 0 Å². The number of rotatable bonds is 10. The smallest absolute Gasteiger partial charge is 0.261 e. The van der Waals surface area contributed by atoms with Crippen molar-refractivity contribution in [3.63, 3.8) is 0 Å². The second-order valence-corrected chi connectivity index (χ2v) is 11.4. The van der Waals surface area contributed by atoms with Crippen molar-refractivity contribution >= 4 is 27.3 Å². The van der Waals surface area contributed by atoms with Gasteiger partial charge in [0.15, 0.2) is 0 Å². The molecule has 2 aromatic carbocycles. The molecule has 0 spiro atoms. The summed E-state index contributed by atoms with van der Waals surface area (Å²) < 4.78 is 33.7. The van der Waals surface area contributed by atoms with E-state index < -0.39 is 10.0 Å². The zero-order valence-electron chi connectivity index (χ0n) is 20.1. The van der Waals surface area contributed by atoms with E-state index in [-0.39, 0.29) is 22.3 Å². The minimum atomic E-state index is -3.84. The van der Waals surface area contributed by atoms with Crippen molar-refractivity contribution in [2.75, 3.05) is 10.0 Å². The minimum absolute atomic E-state index is 0.0569. The lowest BCUT2D eigenvalue weighted by Gasteiger charge is -2.12. The van der Waals surface area contributed by atoms with Crippen molar-refractivity contribution in [2.24, 2.45) is 17.1 Å². The van der Waals surface area contributed by atoms with Gasteiger partial charge in [0.1, 0.15) is 0 Å². The number of benzene rings is 2. The van der Waals surface area contributed by atoms with E-state index in [0.29, 0.717) is 34.6 Å². The van der Waals surface area contributed by atoms with Gasteiger partial charge in [0.2, 0.25) is 17.6 Å². The summed E-state index contributed by atoms with van der Waals surface area (Å²) in [5.74, 6) is 1.18. The number of nitrogens with zero attached hydrogens (tertiary/aromatic N) is 2. The molecule has 1 aromatic heterocycles. The number of hydrogen-bond donors (Lipinski definition) is 3. The van der Waals surface area contributed by atoms with Crippen LogP contribution in [-0.4, -0.2) is 24.5 Å². The standard InChI is InChI=1S/C25H31N5O4S/c1-16(2)7-12-21(26)23-28-22(29-34-23)17-8-10-20(11-9-17)35(32,33)30-19-6-4-5-18(15-19)27-24(31)25(3)13-14-25/h4-6,8-11,15-16,21,30H,7,12-14,26H2,1-3H3,(H,27,31). The Balaban J connectivity index is 1.43. The summed E-state index contributed by atoms with van der Waals surface area (Å²) >= 11 is 0. The molecule has 1 atom stereocenters. The number of nitrogens with two attached hydrogens (primary N) is 1. The monoisotopic (exact) mass is 497 g/mol. The lowest BCUT2D eigenvalue weighted by atomic mass is 10.0. The SMILES string of the molecule is CC(C)CCC(N)c1nc(-c2ccc(S(=O)(=O)Nc3cccc(NC(=O)C4(C)CC4)c3)cc2)no1. The number of aromatic nitrogens is 2. The average Bonchev–Trinajstić information content (AvgIpc) is 3.38. The molecule has 0 saturated heterocycles. The molecule has 1 heterocycles. The summed E-state index contributed by atoms with van der Waals surface area (Å²) in [4.78, 5) is 16.7. The van der Waals surface area contributed by atoms with Crippen LogP contribution in [0.4, 0.5) is 11.4 Å². The molecule has 1 aliphatic rings.